The van der Waals surface area contributed by atoms with Gasteiger partial charge in [-0.1, -0.05) is 42.3 Å². The van der Waals surface area contributed by atoms with E-state index in [-0.39, 0.29) is 31.0 Å². The summed E-state index contributed by atoms with van der Waals surface area (Å²) in [4.78, 5) is 43.7. The molecule has 1 spiro atoms. The zero-order valence-corrected chi connectivity index (χ0v) is 18.3. The molecular formula is C25H23N3O5. The van der Waals surface area contributed by atoms with E-state index in [1.54, 1.807) is 42.3 Å². The van der Waals surface area contributed by atoms with Gasteiger partial charge in [-0.15, -0.1) is 6.42 Å². The summed E-state index contributed by atoms with van der Waals surface area (Å²) < 4.78 is 5.18. The predicted molar refractivity (Wildman–Crippen MR) is 120 cm³/mol. The Morgan fingerprint density at radius 2 is 1.85 bits per heavy atom. The summed E-state index contributed by atoms with van der Waals surface area (Å²) in [7, 11) is 2.92. The average molecular weight is 445 g/mol. The van der Waals surface area contributed by atoms with Crippen molar-refractivity contribution >= 4 is 29.2 Å². The van der Waals surface area contributed by atoms with Crippen molar-refractivity contribution in [2.75, 3.05) is 37.5 Å². The van der Waals surface area contributed by atoms with Crippen LogP contribution in [0.1, 0.15) is 17.5 Å². The zero-order chi connectivity index (χ0) is 23.6. The molecule has 2 aromatic carbocycles. The number of benzene rings is 2. The molecule has 0 bridgehead atoms. The first kappa shape index (κ1) is 21.2. The number of amides is 2. The number of likely N-dealkylation sites (N-methyl/N-ethyl adjacent to an activating group) is 1. The van der Waals surface area contributed by atoms with Gasteiger partial charge >= 0.3 is 5.97 Å². The Balaban J connectivity index is 1.75. The van der Waals surface area contributed by atoms with Crippen LogP contribution in [0, 0.1) is 17.8 Å². The molecule has 33 heavy (non-hydrogen) atoms. The van der Waals surface area contributed by atoms with E-state index in [0.29, 0.717) is 16.9 Å². The number of nitrogens with one attached hydrogen (secondary N) is 1. The highest BCUT2D eigenvalue weighted by atomic mass is 16.5. The number of nitrogens with zero attached hydrogens (tertiary/aromatic N) is 2. The summed E-state index contributed by atoms with van der Waals surface area (Å²) in [6.45, 7) is -0.151. The topological polar surface area (TPSA) is 99.2 Å². The van der Waals surface area contributed by atoms with Crippen LogP contribution in [0.15, 0.2) is 48.5 Å². The number of likely N-dealkylation sites (tertiary alicyclic amines) is 1. The Labute approximate surface area is 191 Å². The molecule has 3 atom stereocenters. The second kappa shape index (κ2) is 6.91. The van der Waals surface area contributed by atoms with Crippen LogP contribution in [-0.2, 0) is 30.3 Å². The highest BCUT2D eigenvalue weighted by molar-refractivity contribution is 6.12. The number of terminal acetylenes is 1. The second-order valence-electron chi connectivity index (χ2n) is 8.79. The van der Waals surface area contributed by atoms with Crippen LogP contribution >= 0.6 is 0 Å². The largest absolute Gasteiger partial charge is 0.468 e. The summed E-state index contributed by atoms with van der Waals surface area (Å²) >= 11 is 0. The molecule has 5 rings (SSSR count). The van der Waals surface area contributed by atoms with E-state index < -0.39 is 28.4 Å². The molecule has 0 saturated carbocycles. The number of esters is 1. The molecule has 2 N–H and O–H groups in total. The van der Waals surface area contributed by atoms with Gasteiger partial charge in [-0.3, -0.25) is 24.2 Å². The van der Waals surface area contributed by atoms with Crippen LogP contribution < -0.4 is 10.2 Å². The maximum absolute atomic E-state index is 13.8. The van der Waals surface area contributed by atoms with Crippen LogP contribution in [0.25, 0.3) is 0 Å². The Bertz CT molecular complexity index is 1250. The minimum Gasteiger partial charge on any atom is -0.468 e. The van der Waals surface area contributed by atoms with Crippen LogP contribution in [0.4, 0.5) is 11.4 Å². The van der Waals surface area contributed by atoms with E-state index in [0.717, 1.165) is 0 Å². The van der Waals surface area contributed by atoms with E-state index in [2.05, 4.69) is 11.2 Å². The molecule has 0 aliphatic carbocycles. The van der Waals surface area contributed by atoms with E-state index in [9.17, 15) is 19.5 Å². The maximum atomic E-state index is 13.8. The number of rotatable bonds is 3. The van der Waals surface area contributed by atoms with Crippen molar-refractivity contribution in [1.82, 2.24) is 4.90 Å². The molecule has 2 amide bonds. The zero-order valence-electron chi connectivity index (χ0n) is 18.3. The average Bonchev–Trinajstić information content (AvgIpc) is 3.38. The summed E-state index contributed by atoms with van der Waals surface area (Å²) in [5.74, 6) is 0.655. The van der Waals surface area contributed by atoms with Gasteiger partial charge in [0.05, 0.1) is 19.3 Å². The van der Waals surface area contributed by atoms with Gasteiger partial charge in [0, 0.05) is 29.8 Å². The fourth-order valence-corrected chi connectivity index (χ4v) is 5.89. The molecule has 3 unspecified atom stereocenters. The molecule has 1 fully saturated rings. The van der Waals surface area contributed by atoms with Crippen molar-refractivity contribution in [2.24, 2.45) is 5.41 Å². The number of carbonyl (C=O) groups is 3. The minimum absolute atomic E-state index is 0.0697. The van der Waals surface area contributed by atoms with Crippen molar-refractivity contribution in [2.45, 2.75) is 17.6 Å². The first-order valence-electron chi connectivity index (χ1n) is 10.6. The molecule has 0 radical (unpaired) electrons. The fraction of sp³-hybridized carbons (Fsp3) is 0.320. The smallest absolute Gasteiger partial charge is 0.317 e. The van der Waals surface area contributed by atoms with Gasteiger partial charge in [0.25, 0.3) is 5.91 Å². The monoisotopic (exact) mass is 445 g/mol. The van der Waals surface area contributed by atoms with E-state index in [1.165, 1.54) is 12.0 Å². The van der Waals surface area contributed by atoms with Crippen molar-refractivity contribution in [3.05, 3.63) is 59.7 Å². The Morgan fingerprint density at radius 1 is 1.18 bits per heavy atom. The lowest BCUT2D eigenvalue weighted by molar-refractivity contribution is -0.179. The van der Waals surface area contributed by atoms with Crippen molar-refractivity contribution in [3.8, 4) is 12.3 Å². The molecule has 1 saturated heterocycles. The number of hydrogen-bond acceptors (Lipinski definition) is 6. The van der Waals surface area contributed by atoms with Crippen LogP contribution in [0.2, 0.25) is 0 Å². The SMILES string of the molecule is C#CCN1C(=O)C(O)(C2(C(=O)OC)CN(C)C3(C2)C(=O)Nc2ccccc23)c2ccccc21. The van der Waals surface area contributed by atoms with Crippen molar-refractivity contribution in [3.63, 3.8) is 0 Å². The number of methoxy groups -OCH3 is 1. The Kier molecular flexibility index (Phi) is 4.44. The molecule has 2 aromatic rings. The highest BCUT2D eigenvalue weighted by Crippen LogP contribution is 2.61. The number of para-hydroxylation sites is 2. The van der Waals surface area contributed by atoms with Gasteiger partial charge in [0.1, 0.15) is 11.0 Å². The highest BCUT2D eigenvalue weighted by Gasteiger charge is 2.74. The van der Waals surface area contributed by atoms with Crippen molar-refractivity contribution in [1.29, 1.82) is 0 Å². The van der Waals surface area contributed by atoms with Gasteiger partial charge in [0.2, 0.25) is 5.91 Å². The maximum Gasteiger partial charge on any atom is 0.317 e. The number of ether oxygens (including phenoxy) is 1. The predicted octanol–water partition coefficient (Wildman–Crippen LogP) is 1.20. The Morgan fingerprint density at radius 3 is 2.55 bits per heavy atom. The molecule has 168 valence electrons. The molecule has 8 nitrogen and oxygen atoms in total. The van der Waals surface area contributed by atoms with Crippen LogP contribution in [0.3, 0.4) is 0 Å². The fourth-order valence-electron chi connectivity index (χ4n) is 5.89. The summed E-state index contributed by atoms with van der Waals surface area (Å²) in [5, 5.41) is 15.1. The lowest BCUT2D eigenvalue weighted by Crippen LogP contribution is -2.58. The first-order valence-corrected chi connectivity index (χ1v) is 10.6. The lowest BCUT2D eigenvalue weighted by Gasteiger charge is -2.39. The quantitative estimate of drug-likeness (QED) is 0.544. The number of aliphatic hydroxyl groups is 1. The first-order chi connectivity index (χ1) is 15.8. The van der Waals surface area contributed by atoms with E-state index in [1.807, 2.05) is 18.2 Å². The van der Waals surface area contributed by atoms with Gasteiger partial charge in [0.15, 0.2) is 5.60 Å². The lowest BCUT2D eigenvalue weighted by atomic mass is 9.65. The second-order valence-corrected chi connectivity index (χ2v) is 8.79. The third-order valence-electron chi connectivity index (χ3n) is 7.37. The van der Waals surface area contributed by atoms with Gasteiger partial charge < -0.3 is 15.2 Å². The number of carbonyl (C=O) groups excluding carboxylic acids is 3. The summed E-state index contributed by atoms with van der Waals surface area (Å²) in [6, 6.07) is 13.9. The minimum atomic E-state index is -2.27. The molecule has 3 heterocycles. The Hall–Kier alpha value is -3.67. The van der Waals surface area contributed by atoms with E-state index in [4.69, 9.17) is 11.2 Å². The van der Waals surface area contributed by atoms with Crippen LogP contribution in [0.5, 0.6) is 0 Å². The third kappa shape index (κ3) is 2.35. The number of anilines is 2. The molecular weight excluding hydrogens is 422 g/mol. The number of hydrogen-bond donors (Lipinski definition) is 2. The number of fused-ring (bicyclic) bond motifs is 3. The van der Waals surface area contributed by atoms with Crippen molar-refractivity contribution < 1.29 is 24.2 Å². The van der Waals surface area contributed by atoms with Gasteiger partial charge in [-0.25, -0.2) is 0 Å². The molecule has 3 aliphatic rings. The van der Waals surface area contributed by atoms with Gasteiger partial charge in [-0.05, 0) is 19.2 Å². The third-order valence-corrected chi connectivity index (χ3v) is 7.37. The van der Waals surface area contributed by atoms with Crippen LogP contribution in [-0.4, -0.2) is 55.0 Å². The standard InChI is InChI=1S/C25H23N3O5/c1-4-13-28-19-12-8-6-10-17(19)25(32,21(28)30)23(22(31)33-3)14-24(27(2)15-23)16-9-5-7-11-18(16)26-20(24)29/h1,5-12,32H,13-15H2,2-3H3,(H,26,29). The summed E-state index contributed by atoms with van der Waals surface area (Å²) in [5.41, 5.74) is -3.26. The molecule has 8 heteroatoms. The van der Waals surface area contributed by atoms with Gasteiger partial charge in [-0.2, -0.15) is 0 Å². The molecule has 3 aliphatic heterocycles. The molecule has 0 aromatic heterocycles. The normalized spacial score (nSPS) is 30.2. The van der Waals surface area contributed by atoms with E-state index >= 15 is 0 Å². The summed E-state index contributed by atoms with van der Waals surface area (Å²) in [6.07, 6.45) is 5.35.